The van der Waals surface area contributed by atoms with Crippen molar-refractivity contribution < 1.29 is 18.7 Å². The monoisotopic (exact) mass is 436 g/mol. The summed E-state index contributed by atoms with van der Waals surface area (Å²) in [4.78, 5) is 26.6. The summed E-state index contributed by atoms with van der Waals surface area (Å²) in [5.74, 6) is 0.103. The van der Waals surface area contributed by atoms with Crippen LogP contribution in [0.15, 0.2) is 27.4 Å². The molecular formula is C22H29ClN2O5. The number of nitrogens with one attached hydrogen (secondary N) is 1. The molecule has 7 nitrogen and oxygen atoms in total. The minimum Gasteiger partial charge on any atom is -0.479 e. The lowest BCUT2D eigenvalue weighted by atomic mass is 10.1. The zero-order valence-corrected chi connectivity index (χ0v) is 18.3. The molecule has 1 aromatic heterocycles. The van der Waals surface area contributed by atoms with Crippen molar-refractivity contribution in [3.8, 4) is 5.75 Å². The highest BCUT2D eigenvalue weighted by molar-refractivity contribution is 6.32. The lowest BCUT2D eigenvalue weighted by Crippen LogP contribution is -2.40. The second-order valence-corrected chi connectivity index (χ2v) is 7.89. The summed E-state index contributed by atoms with van der Waals surface area (Å²) in [6.07, 6.45) is 1.79. The second kappa shape index (κ2) is 10.8. The number of amides is 1. The largest absolute Gasteiger partial charge is 0.479 e. The Morgan fingerprint density at radius 1 is 1.30 bits per heavy atom. The van der Waals surface area contributed by atoms with Gasteiger partial charge in [-0.05, 0) is 37.9 Å². The van der Waals surface area contributed by atoms with Gasteiger partial charge in [0.2, 0.25) is 0 Å². The normalized spacial score (nSPS) is 15.8. The van der Waals surface area contributed by atoms with E-state index in [9.17, 15) is 9.59 Å². The van der Waals surface area contributed by atoms with Crippen LogP contribution in [0.5, 0.6) is 5.75 Å². The molecule has 2 aromatic rings. The quantitative estimate of drug-likeness (QED) is 0.480. The fraction of sp³-hybridized carbons (Fsp3) is 0.545. The second-order valence-electron chi connectivity index (χ2n) is 7.48. The van der Waals surface area contributed by atoms with Gasteiger partial charge >= 0.3 is 5.63 Å². The molecule has 2 heterocycles. The van der Waals surface area contributed by atoms with Crippen LogP contribution in [0.2, 0.25) is 5.02 Å². The Bertz CT molecular complexity index is 924. The van der Waals surface area contributed by atoms with Gasteiger partial charge in [-0.25, -0.2) is 4.79 Å². The number of fused-ring (bicyclic) bond motifs is 1. The van der Waals surface area contributed by atoms with Gasteiger partial charge < -0.3 is 19.2 Å². The zero-order valence-electron chi connectivity index (χ0n) is 17.5. The molecule has 1 aliphatic rings. The molecule has 164 valence electrons. The predicted molar refractivity (Wildman–Crippen MR) is 116 cm³/mol. The van der Waals surface area contributed by atoms with Gasteiger partial charge in [0, 0.05) is 37.2 Å². The van der Waals surface area contributed by atoms with E-state index in [0.717, 1.165) is 63.1 Å². The maximum Gasteiger partial charge on any atom is 0.336 e. The van der Waals surface area contributed by atoms with Crippen molar-refractivity contribution in [3.63, 3.8) is 0 Å². The molecular weight excluding hydrogens is 408 g/mol. The summed E-state index contributed by atoms with van der Waals surface area (Å²) in [5, 5.41) is 4.06. The van der Waals surface area contributed by atoms with Crippen LogP contribution < -0.4 is 15.7 Å². The Labute approximate surface area is 181 Å². The topological polar surface area (TPSA) is 81.0 Å². The van der Waals surface area contributed by atoms with Crippen LogP contribution in [0.4, 0.5) is 0 Å². The molecule has 0 bridgehead atoms. The number of rotatable bonds is 9. The maximum absolute atomic E-state index is 12.4. The van der Waals surface area contributed by atoms with E-state index in [1.165, 1.54) is 6.07 Å². The Hall–Kier alpha value is -2.09. The standard InChI is InChI=1S/C22H29ClN2O5/c1-3-5-16-12-21(26)30-19-14-20(18(23)13-17(16)19)29-15(2)22(27)24-6-4-7-25-8-10-28-11-9-25/h12-15H,3-11H2,1-2H3,(H,24,27)/t15-/m0/s1. The first kappa shape index (κ1) is 22.6. The van der Waals surface area contributed by atoms with E-state index in [2.05, 4.69) is 10.2 Å². The van der Waals surface area contributed by atoms with E-state index >= 15 is 0 Å². The number of halogens is 1. The minimum absolute atomic E-state index is 0.214. The molecule has 0 aliphatic carbocycles. The summed E-state index contributed by atoms with van der Waals surface area (Å²) in [5.41, 5.74) is 0.886. The smallest absolute Gasteiger partial charge is 0.336 e. The first-order chi connectivity index (χ1) is 14.5. The first-order valence-corrected chi connectivity index (χ1v) is 10.9. The van der Waals surface area contributed by atoms with Gasteiger partial charge in [-0.2, -0.15) is 0 Å². The van der Waals surface area contributed by atoms with Crippen LogP contribution in [0, 0.1) is 0 Å². The molecule has 1 saturated heterocycles. The van der Waals surface area contributed by atoms with Gasteiger partial charge in [-0.3, -0.25) is 9.69 Å². The molecule has 1 atom stereocenters. The average Bonchev–Trinajstić information content (AvgIpc) is 2.73. The Morgan fingerprint density at radius 3 is 2.80 bits per heavy atom. The third kappa shape index (κ3) is 5.97. The average molecular weight is 437 g/mol. The van der Waals surface area contributed by atoms with E-state index in [1.807, 2.05) is 6.92 Å². The number of benzene rings is 1. The maximum atomic E-state index is 12.4. The van der Waals surface area contributed by atoms with Gasteiger partial charge in [-0.15, -0.1) is 0 Å². The lowest BCUT2D eigenvalue weighted by Gasteiger charge is -2.26. The van der Waals surface area contributed by atoms with Crippen molar-refractivity contribution >= 4 is 28.5 Å². The molecule has 8 heteroatoms. The van der Waals surface area contributed by atoms with Crippen molar-refractivity contribution in [2.24, 2.45) is 0 Å². The molecule has 30 heavy (non-hydrogen) atoms. The number of nitrogens with zero attached hydrogens (tertiary/aromatic N) is 1. The van der Waals surface area contributed by atoms with E-state index in [1.54, 1.807) is 19.1 Å². The zero-order chi connectivity index (χ0) is 21.5. The Balaban J connectivity index is 1.58. The highest BCUT2D eigenvalue weighted by Crippen LogP contribution is 2.32. The van der Waals surface area contributed by atoms with Crippen molar-refractivity contribution in [1.29, 1.82) is 0 Å². The summed E-state index contributed by atoms with van der Waals surface area (Å²) in [6, 6.07) is 4.81. The number of carbonyl (C=O) groups excluding carboxylic acids is 1. The molecule has 0 radical (unpaired) electrons. The number of aryl methyl sites for hydroxylation is 1. The van der Waals surface area contributed by atoms with Crippen LogP contribution in [0.1, 0.15) is 32.3 Å². The van der Waals surface area contributed by atoms with Gasteiger partial charge in [0.15, 0.2) is 6.10 Å². The minimum atomic E-state index is -0.728. The number of hydrogen-bond acceptors (Lipinski definition) is 6. The van der Waals surface area contributed by atoms with Crippen molar-refractivity contribution in [2.45, 2.75) is 39.2 Å². The van der Waals surface area contributed by atoms with Crippen molar-refractivity contribution in [1.82, 2.24) is 10.2 Å². The van der Waals surface area contributed by atoms with Crippen LogP contribution in [-0.2, 0) is 16.0 Å². The van der Waals surface area contributed by atoms with Crippen LogP contribution in [0.25, 0.3) is 11.0 Å². The highest BCUT2D eigenvalue weighted by Gasteiger charge is 2.18. The fourth-order valence-corrected chi connectivity index (χ4v) is 3.73. The number of carbonyl (C=O) groups is 1. The summed E-state index contributed by atoms with van der Waals surface area (Å²) in [6.45, 7) is 8.61. The number of ether oxygens (including phenoxy) is 2. The number of hydrogen-bond donors (Lipinski definition) is 1. The molecule has 0 unspecified atom stereocenters. The molecule has 1 aromatic carbocycles. The van der Waals surface area contributed by atoms with E-state index in [-0.39, 0.29) is 5.91 Å². The summed E-state index contributed by atoms with van der Waals surface area (Å²) >= 11 is 6.38. The van der Waals surface area contributed by atoms with E-state index < -0.39 is 11.7 Å². The highest BCUT2D eigenvalue weighted by atomic mass is 35.5. The van der Waals surface area contributed by atoms with Crippen LogP contribution >= 0.6 is 11.6 Å². The SMILES string of the molecule is CCCc1cc(=O)oc2cc(O[C@@H](C)C(=O)NCCCN3CCOCC3)c(Cl)cc12. The molecule has 0 spiro atoms. The van der Waals surface area contributed by atoms with Gasteiger partial charge in [0.1, 0.15) is 11.3 Å². The Kier molecular flexibility index (Phi) is 8.13. The summed E-state index contributed by atoms with van der Waals surface area (Å²) < 4.78 is 16.4. The lowest BCUT2D eigenvalue weighted by molar-refractivity contribution is -0.127. The summed E-state index contributed by atoms with van der Waals surface area (Å²) in [7, 11) is 0. The predicted octanol–water partition coefficient (Wildman–Crippen LogP) is 3.00. The van der Waals surface area contributed by atoms with E-state index in [0.29, 0.717) is 22.9 Å². The van der Waals surface area contributed by atoms with Gasteiger partial charge in [0.05, 0.1) is 18.2 Å². The van der Waals surface area contributed by atoms with Crippen molar-refractivity contribution in [2.75, 3.05) is 39.4 Å². The van der Waals surface area contributed by atoms with Crippen LogP contribution in [0.3, 0.4) is 0 Å². The third-order valence-corrected chi connectivity index (χ3v) is 5.42. The fourth-order valence-electron chi connectivity index (χ4n) is 3.52. The molecule has 3 rings (SSSR count). The third-order valence-electron chi connectivity index (χ3n) is 5.13. The molecule has 0 saturated carbocycles. The van der Waals surface area contributed by atoms with Crippen molar-refractivity contribution in [3.05, 3.63) is 39.2 Å². The molecule has 1 fully saturated rings. The number of morpholine rings is 1. The molecule has 1 aliphatic heterocycles. The molecule has 1 N–H and O–H groups in total. The van der Waals surface area contributed by atoms with Gasteiger partial charge in [-0.1, -0.05) is 24.9 Å². The molecule has 1 amide bonds. The van der Waals surface area contributed by atoms with E-state index in [4.69, 9.17) is 25.5 Å². The Morgan fingerprint density at radius 2 is 2.07 bits per heavy atom. The van der Waals surface area contributed by atoms with Crippen LogP contribution in [-0.4, -0.2) is 56.3 Å². The first-order valence-electron chi connectivity index (χ1n) is 10.5. The van der Waals surface area contributed by atoms with Gasteiger partial charge in [0.25, 0.3) is 5.91 Å².